The van der Waals surface area contributed by atoms with Crippen molar-refractivity contribution in [1.29, 1.82) is 0 Å². The van der Waals surface area contributed by atoms with Crippen LogP contribution in [-0.4, -0.2) is 46.2 Å². The number of hydrogen-bond donors (Lipinski definition) is 1. The molecule has 3 heterocycles. The zero-order valence-corrected chi connectivity index (χ0v) is 11.7. The molecule has 0 unspecified atom stereocenters. The summed E-state index contributed by atoms with van der Waals surface area (Å²) in [6.45, 7) is -0.205. The van der Waals surface area contributed by atoms with Crippen LogP contribution < -0.4 is 10.2 Å². The Balaban J connectivity index is 1.71. The molecule has 2 aromatic rings. The molecule has 0 atom stereocenters. The van der Waals surface area contributed by atoms with E-state index < -0.39 is 12.1 Å². The molecule has 0 aliphatic carbocycles. The van der Waals surface area contributed by atoms with Crippen molar-refractivity contribution in [3.8, 4) is 11.4 Å². The Hall–Kier alpha value is -2.45. The average Bonchev–Trinajstić information content (AvgIpc) is 2.45. The second-order valence-corrected chi connectivity index (χ2v) is 4.93. The van der Waals surface area contributed by atoms with Crippen LogP contribution in [0.2, 0.25) is 0 Å². The first-order chi connectivity index (χ1) is 10.5. The summed E-state index contributed by atoms with van der Waals surface area (Å²) in [6, 6.07) is 1.72. The van der Waals surface area contributed by atoms with E-state index in [2.05, 4.69) is 25.3 Å². The van der Waals surface area contributed by atoms with E-state index in [0.29, 0.717) is 17.2 Å². The Morgan fingerprint density at radius 1 is 1.18 bits per heavy atom. The van der Waals surface area contributed by atoms with Gasteiger partial charge in [0.25, 0.3) is 0 Å². The van der Waals surface area contributed by atoms with Gasteiger partial charge >= 0.3 is 6.18 Å². The van der Waals surface area contributed by atoms with Gasteiger partial charge in [-0.2, -0.15) is 13.2 Å². The number of anilines is 2. The molecule has 0 spiro atoms. The molecule has 0 bridgehead atoms. The molecule has 3 rings (SSSR count). The van der Waals surface area contributed by atoms with E-state index >= 15 is 0 Å². The van der Waals surface area contributed by atoms with Crippen LogP contribution in [0.15, 0.2) is 24.7 Å². The van der Waals surface area contributed by atoms with Gasteiger partial charge in [-0.25, -0.2) is 19.9 Å². The van der Waals surface area contributed by atoms with Gasteiger partial charge < -0.3 is 10.2 Å². The summed E-state index contributed by atoms with van der Waals surface area (Å²) in [6.07, 6.45) is 0.472. The standard InChI is InChI=1S/C13H13F3N6/c1-17-10-2-3-18-11(21-10)8-4-19-12(20-5-8)22-6-9(7-22)13(14,15)16/h2-5,9H,6-7H2,1H3,(H,17,18,21). The number of aromatic nitrogens is 4. The predicted molar refractivity (Wildman–Crippen MR) is 74.4 cm³/mol. The maximum Gasteiger partial charge on any atom is 0.395 e. The van der Waals surface area contributed by atoms with Gasteiger partial charge in [0, 0.05) is 38.7 Å². The fraction of sp³-hybridized carbons (Fsp3) is 0.385. The second-order valence-electron chi connectivity index (χ2n) is 4.93. The van der Waals surface area contributed by atoms with Crippen LogP contribution in [0.3, 0.4) is 0 Å². The Morgan fingerprint density at radius 2 is 1.86 bits per heavy atom. The summed E-state index contributed by atoms with van der Waals surface area (Å²) in [5.74, 6) is 0.0976. The Kier molecular flexibility index (Phi) is 3.55. The summed E-state index contributed by atoms with van der Waals surface area (Å²) in [5, 5.41) is 2.90. The molecule has 0 saturated carbocycles. The fourth-order valence-corrected chi connectivity index (χ4v) is 2.09. The fourth-order valence-electron chi connectivity index (χ4n) is 2.09. The molecule has 1 N–H and O–H groups in total. The molecule has 6 nitrogen and oxygen atoms in total. The van der Waals surface area contributed by atoms with Crippen molar-refractivity contribution >= 4 is 11.8 Å². The smallest absolute Gasteiger partial charge is 0.373 e. The lowest BCUT2D eigenvalue weighted by Gasteiger charge is -2.39. The molecule has 0 radical (unpaired) electrons. The first-order valence-electron chi connectivity index (χ1n) is 6.62. The van der Waals surface area contributed by atoms with Gasteiger partial charge in [0.15, 0.2) is 5.82 Å². The first-order valence-corrected chi connectivity index (χ1v) is 6.62. The third-order valence-electron chi connectivity index (χ3n) is 3.44. The van der Waals surface area contributed by atoms with Crippen molar-refractivity contribution in [2.75, 3.05) is 30.4 Å². The molecule has 0 amide bonds. The molecule has 1 aliphatic heterocycles. The van der Waals surface area contributed by atoms with Crippen LogP contribution in [0.5, 0.6) is 0 Å². The number of hydrogen-bond acceptors (Lipinski definition) is 6. The van der Waals surface area contributed by atoms with Gasteiger partial charge in [-0.1, -0.05) is 0 Å². The van der Waals surface area contributed by atoms with Crippen molar-refractivity contribution in [2.45, 2.75) is 6.18 Å². The van der Waals surface area contributed by atoms with E-state index in [9.17, 15) is 13.2 Å². The Labute approximate surface area is 124 Å². The summed E-state index contributed by atoms with van der Waals surface area (Å²) >= 11 is 0. The van der Waals surface area contributed by atoms with E-state index in [1.54, 1.807) is 19.3 Å². The van der Waals surface area contributed by atoms with E-state index in [1.807, 2.05) is 0 Å². The molecular formula is C13H13F3N6. The number of halogens is 3. The summed E-state index contributed by atoms with van der Waals surface area (Å²) in [7, 11) is 1.74. The van der Waals surface area contributed by atoms with Gasteiger partial charge in [-0.15, -0.1) is 0 Å². The molecule has 116 valence electrons. The van der Waals surface area contributed by atoms with Gasteiger partial charge in [0.1, 0.15) is 5.82 Å². The number of alkyl halides is 3. The first kappa shape index (κ1) is 14.5. The monoisotopic (exact) mass is 310 g/mol. The van der Waals surface area contributed by atoms with Crippen LogP contribution in [0.1, 0.15) is 0 Å². The lowest BCUT2D eigenvalue weighted by Crippen LogP contribution is -2.54. The molecule has 2 aromatic heterocycles. The molecular weight excluding hydrogens is 297 g/mol. The largest absolute Gasteiger partial charge is 0.395 e. The minimum Gasteiger partial charge on any atom is -0.373 e. The number of rotatable bonds is 3. The third-order valence-corrected chi connectivity index (χ3v) is 3.44. The quantitative estimate of drug-likeness (QED) is 0.935. The van der Waals surface area contributed by atoms with Gasteiger partial charge in [-0.05, 0) is 6.07 Å². The highest BCUT2D eigenvalue weighted by Gasteiger charge is 2.47. The van der Waals surface area contributed by atoms with E-state index in [0.717, 1.165) is 0 Å². The minimum atomic E-state index is -4.15. The number of nitrogens with one attached hydrogen (secondary N) is 1. The van der Waals surface area contributed by atoms with Crippen molar-refractivity contribution in [2.24, 2.45) is 5.92 Å². The van der Waals surface area contributed by atoms with Crippen LogP contribution in [0, 0.1) is 5.92 Å². The minimum absolute atomic E-state index is 0.103. The predicted octanol–water partition coefficient (Wildman–Crippen LogP) is 1.97. The molecule has 9 heteroatoms. The van der Waals surface area contributed by atoms with Gasteiger partial charge in [0.2, 0.25) is 5.95 Å². The highest BCUT2D eigenvalue weighted by molar-refractivity contribution is 5.55. The molecule has 0 aromatic carbocycles. The Bertz CT molecular complexity index is 652. The zero-order valence-electron chi connectivity index (χ0n) is 11.7. The van der Waals surface area contributed by atoms with Crippen LogP contribution in [0.25, 0.3) is 11.4 Å². The van der Waals surface area contributed by atoms with Crippen LogP contribution in [-0.2, 0) is 0 Å². The Morgan fingerprint density at radius 3 is 2.45 bits per heavy atom. The SMILES string of the molecule is CNc1ccnc(-c2cnc(N3CC(C(F)(F)F)C3)nc2)n1. The summed E-state index contributed by atoms with van der Waals surface area (Å²) < 4.78 is 37.4. The average molecular weight is 310 g/mol. The normalized spacial score (nSPS) is 15.5. The van der Waals surface area contributed by atoms with Gasteiger partial charge in [0.05, 0.1) is 11.5 Å². The highest BCUT2D eigenvalue weighted by Crippen LogP contribution is 2.34. The molecule has 22 heavy (non-hydrogen) atoms. The maximum atomic E-state index is 12.5. The van der Waals surface area contributed by atoms with Crippen LogP contribution in [0.4, 0.5) is 24.9 Å². The molecule has 1 fully saturated rings. The van der Waals surface area contributed by atoms with Crippen molar-refractivity contribution in [3.63, 3.8) is 0 Å². The van der Waals surface area contributed by atoms with Crippen molar-refractivity contribution < 1.29 is 13.2 Å². The summed E-state index contributed by atoms with van der Waals surface area (Å²) in [4.78, 5) is 18.1. The van der Waals surface area contributed by atoms with Crippen molar-refractivity contribution in [3.05, 3.63) is 24.7 Å². The molecule has 1 saturated heterocycles. The zero-order chi connectivity index (χ0) is 15.7. The van der Waals surface area contributed by atoms with E-state index in [1.165, 1.54) is 17.3 Å². The van der Waals surface area contributed by atoms with E-state index in [4.69, 9.17) is 0 Å². The summed E-state index contributed by atoms with van der Waals surface area (Å²) in [5.41, 5.74) is 0.605. The van der Waals surface area contributed by atoms with Crippen molar-refractivity contribution in [1.82, 2.24) is 19.9 Å². The maximum absolute atomic E-state index is 12.5. The lowest BCUT2D eigenvalue weighted by molar-refractivity contribution is -0.180. The second kappa shape index (κ2) is 5.39. The lowest BCUT2D eigenvalue weighted by atomic mass is 10.0. The van der Waals surface area contributed by atoms with Gasteiger partial charge in [-0.3, -0.25) is 0 Å². The van der Waals surface area contributed by atoms with Crippen LogP contribution >= 0.6 is 0 Å². The highest BCUT2D eigenvalue weighted by atomic mass is 19.4. The van der Waals surface area contributed by atoms with E-state index in [-0.39, 0.29) is 19.0 Å². The third kappa shape index (κ3) is 2.78. The topological polar surface area (TPSA) is 66.8 Å². The number of nitrogens with zero attached hydrogens (tertiary/aromatic N) is 5. The molecule has 1 aliphatic rings.